The standard InChI is InChI=1S/C31H26N4O4S2/c1-39-23-14-11-21(12-15-23)33-28(36)19-40-31-35-26-16-13-22(17-27(26)41-31)34-30(38)25-10-6-5-9-24(25)29(37)32-18-20-7-3-2-4-8-20/h2-17H,18-19H2,1H3,(H,32,37)(H,33,36)(H,34,38). The number of amides is 3. The summed E-state index contributed by atoms with van der Waals surface area (Å²) in [4.78, 5) is 43.0. The van der Waals surface area contributed by atoms with Crippen molar-refractivity contribution in [2.24, 2.45) is 0 Å². The van der Waals surface area contributed by atoms with Crippen molar-refractivity contribution < 1.29 is 19.1 Å². The van der Waals surface area contributed by atoms with Crippen LogP contribution in [0.1, 0.15) is 26.3 Å². The Labute approximate surface area is 245 Å². The molecule has 206 valence electrons. The molecule has 5 rings (SSSR count). The van der Waals surface area contributed by atoms with Crippen molar-refractivity contribution in [1.29, 1.82) is 0 Å². The average molecular weight is 583 g/mol. The normalized spacial score (nSPS) is 10.7. The maximum atomic E-state index is 13.2. The SMILES string of the molecule is COc1ccc(NC(=O)CSc2nc3ccc(NC(=O)c4ccccc4C(=O)NCc4ccccc4)cc3s2)cc1. The highest BCUT2D eigenvalue weighted by Gasteiger charge is 2.17. The van der Waals surface area contributed by atoms with Gasteiger partial charge in [0.2, 0.25) is 5.91 Å². The third kappa shape index (κ3) is 7.30. The average Bonchev–Trinajstić information content (AvgIpc) is 3.42. The third-order valence-electron chi connectivity index (χ3n) is 6.04. The Morgan fingerprint density at radius 2 is 1.49 bits per heavy atom. The number of thioether (sulfide) groups is 1. The molecular weight excluding hydrogens is 556 g/mol. The van der Waals surface area contributed by atoms with Crippen molar-refractivity contribution in [2.45, 2.75) is 10.9 Å². The number of aromatic nitrogens is 1. The molecule has 5 aromatic rings. The monoisotopic (exact) mass is 582 g/mol. The number of anilines is 2. The van der Waals surface area contributed by atoms with Gasteiger partial charge in [-0.25, -0.2) is 4.98 Å². The number of rotatable bonds is 10. The maximum Gasteiger partial charge on any atom is 0.256 e. The fourth-order valence-corrected chi connectivity index (χ4v) is 5.90. The van der Waals surface area contributed by atoms with Gasteiger partial charge in [0.25, 0.3) is 11.8 Å². The number of carbonyl (C=O) groups excluding carboxylic acids is 3. The second-order valence-electron chi connectivity index (χ2n) is 8.90. The Balaban J connectivity index is 1.20. The van der Waals surface area contributed by atoms with Crippen LogP contribution < -0.4 is 20.7 Å². The molecule has 1 aromatic heterocycles. The summed E-state index contributed by atoms with van der Waals surface area (Å²) in [5.74, 6) is 0.0765. The molecule has 0 bridgehead atoms. The number of nitrogens with zero attached hydrogens (tertiary/aromatic N) is 1. The van der Waals surface area contributed by atoms with E-state index in [9.17, 15) is 14.4 Å². The van der Waals surface area contributed by atoms with E-state index in [1.807, 2.05) is 42.5 Å². The largest absolute Gasteiger partial charge is 0.497 e. The lowest BCUT2D eigenvalue weighted by molar-refractivity contribution is -0.113. The van der Waals surface area contributed by atoms with Gasteiger partial charge in [-0.1, -0.05) is 54.2 Å². The fraction of sp³-hybridized carbons (Fsp3) is 0.0968. The summed E-state index contributed by atoms with van der Waals surface area (Å²) in [6.07, 6.45) is 0. The summed E-state index contributed by atoms with van der Waals surface area (Å²) >= 11 is 2.78. The van der Waals surface area contributed by atoms with E-state index in [0.717, 1.165) is 25.9 Å². The molecular formula is C31H26N4O4S2. The second kappa shape index (κ2) is 13.1. The Morgan fingerprint density at radius 1 is 0.805 bits per heavy atom. The van der Waals surface area contributed by atoms with Gasteiger partial charge in [-0.3, -0.25) is 14.4 Å². The van der Waals surface area contributed by atoms with Crippen LogP contribution in [0.4, 0.5) is 11.4 Å². The zero-order valence-corrected chi connectivity index (χ0v) is 23.7. The molecule has 0 saturated carbocycles. The Morgan fingerprint density at radius 3 is 2.22 bits per heavy atom. The van der Waals surface area contributed by atoms with Crippen LogP contribution in [-0.4, -0.2) is 35.6 Å². The number of hydrogen-bond acceptors (Lipinski definition) is 7. The van der Waals surface area contributed by atoms with E-state index in [1.54, 1.807) is 61.7 Å². The molecule has 0 saturated heterocycles. The molecule has 4 aromatic carbocycles. The van der Waals surface area contributed by atoms with Crippen LogP contribution in [-0.2, 0) is 11.3 Å². The molecule has 0 fully saturated rings. The molecule has 1 heterocycles. The molecule has 0 spiro atoms. The number of fused-ring (bicyclic) bond motifs is 1. The third-order valence-corrected chi connectivity index (χ3v) is 8.20. The van der Waals surface area contributed by atoms with Gasteiger partial charge in [0, 0.05) is 17.9 Å². The van der Waals surface area contributed by atoms with E-state index in [1.165, 1.54) is 23.1 Å². The lowest BCUT2D eigenvalue weighted by Gasteiger charge is -2.11. The van der Waals surface area contributed by atoms with E-state index in [4.69, 9.17) is 4.74 Å². The molecule has 0 atom stereocenters. The molecule has 0 aliphatic carbocycles. The van der Waals surface area contributed by atoms with Gasteiger partial charge in [0.15, 0.2) is 4.34 Å². The topological polar surface area (TPSA) is 109 Å². The molecule has 0 aliphatic rings. The van der Waals surface area contributed by atoms with Crippen molar-refractivity contribution in [3.05, 3.63) is 114 Å². The van der Waals surface area contributed by atoms with Gasteiger partial charge < -0.3 is 20.7 Å². The van der Waals surface area contributed by atoms with Gasteiger partial charge in [-0.05, 0) is 60.2 Å². The van der Waals surface area contributed by atoms with Crippen molar-refractivity contribution in [3.8, 4) is 5.75 Å². The van der Waals surface area contributed by atoms with E-state index >= 15 is 0 Å². The van der Waals surface area contributed by atoms with Crippen molar-refractivity contribution in [2.75, 3.05) is 23.5 Å². The number of hydrogen-bond donors (Lipinski definition) is 3. The summed E-state index contributed by atoms with van der Waals surface area (Å²) in [6.45, 7) is 0.362. The Hall–Kier alpha value is -4.67. The highest BCUT2D eigenvalue weighted by Crippen LogP contribution is 2.31. The van der Waals surface area contributed by atoms with Crippen molar-refractivity contribution in [1.82, 2.24) is 10.3 Å². The van der Waals surface area contributed by atoms with E-state index in [2.05, 4.69) is 20.9 Å². The first-order chi connectivity index (χ1) is 20.0. The first kappa shape index (κ1) is 27.9. The van der Waals surface area contributed by atoms with Crippen molar-refractivity contribution >= 4 is 62.4 Å². The lowest BCUT2D eigenvalue weighted by atomic mass is 10.1. The molecule has 0 unspecified atom stereocenters. The maximum absolute atomic E-state index is 13.2. The lowest BCUT2D eigenvalue weighted by Crippen LogP contribution is -2.26. The van der Waals surface area contributed by atoms with Gasteiger partial charge in [-0.15, -0.1) is 11.3 Å². The van der Waals surface area contributed by atoms with Crippen LogP contribution in [0, 0.1) is 0 Å². The summed E-state index contributed by atoms with van der Waals surface area (Å²) in [5.41, 5.74) is 3.59. The highest BCUT2D eigenvalue weighted by atomic mass is 32.2. The van der Waals surface area contributed by atoms with Gasteiger partial charge in [0.1, 0.15) is 5.75 Å². The number of nitrogens with one attached hydrogen (secondary N) is 3. The van der Waals surface area contributed by atoms with Gasteiger partial charge >= 0.3 is 0 Å². The fourth-order valence-electron chi connectivity index (χ4n) is 3.99. The number of benzene rings is 4. The summed E-state index contributed by atoms with van der Waals surface area (Å²) in [7, 11) is 1.59. The minimum atomic E-state index is -0.385. The summed E-state index contributed by atoms with van der Waals surface area (Å²) in [6, 6.07) is 28.9. The van der Waals surface area contributed by atoms with Crippen LogP contribution in [0.5, 0.6) is 5.75 Å². The summed E-state index contributed by atoms with van der Waals surface area (Å²) in [5, 5.41) is 8.63. The van der Waals surface area contributed by atoms with Gasteiger partial charge in [0.05, 0.1) is 34.2 Å². The highest BCUT2D eigenvalue weighted by molar-refractivity contribution is 8.01. The first-order valence-electron chi connectivity index (χ1n) is 12.7. The van der Waals surface area contributed by atoms with Crippen LogP contribution in [0.15, 0.2) is 101 Å². The number of ether oxygens (including phenoxy) is 1. The molecule has 8 nitrogen and oxygen atoms in total. The predicted octanol–water partition coefficient (Wildman–Crippen LogP) is 6.22. The van der Waals surface area contributed by atoms with Crippen LogP contribution >= 0.6 is 23.1 Å². The minimum absolute atomic E-state index is 0.140. The summed E-state index contributed by atoms with van der Waals surface area (Å²) < 4.78 is 6.75. The number of carbonyl (C=O) groups is 3. The van der Waals surface area contributed by atoms with E-state index in [0.29, 0.717) is 23.5 Å². The number of methoxy groups -OCH3 is 1. The Kier molecular flexibility index (Phi) is 8.92. The van der Waals surface area contributed by atoms with Gasteiger partial charge in [-0.2, -0.15) is 0 Å². The molecule has 10 heteroatoms. The van der Waals surface area contributed by atoms with E-state index in [-0.39, 0.29) is 29.0 Å². The first-order valence-corrected chi connectivity index (χ1v) is 14.5. The molecule has 0 aliphatic heterocycles. The molecule has 3 amide bonds. The number of thiazole rings is 1. The Bertz CT molecular complexity index is 1690. The molecule has 3 N–H and O–H groups in total. The second-order valence-corrected chi connectivity index (χ2v) is 11.1. The quantitative estimate of drug-likeness (QED) is 0.169. The van der Waals surface area contributed by atoms with Crippen LogP contribution in [0.2, 0.25) is 0 Å². The van der Waals surface area contributed by atoms with Crippen LogP contribution in [0.25, 0.3) is 10.2 Å². The zero-order chi connectivity index (χ0) is 28.6. The van der Waals surface area contributed by atoms with Crippen molar-refractivity contribution in [3.63, 3.8) is 0 Å². The zero-order valence-electron chi connectivity index (χ0n) is 22.0. The molecule has 0 radical (unpaired) electrons. The van der Waals surface area contributed by atoms with Crippen LogP contribution in [0.3, 0.4) is 0 Å². The minimum Gasteiger partial charge on any atom is -0.497 e. The van der Waals surface area contributed by atoms with E-state index < -0.39 is 0 Å². The molecule has 41 heavy (non-hydrogen) atoms. The smallest absolute Gasteiger partial charge is 0.256 e. The predicted molar refractivity (Wildman–Crippen MR) is 164 cm³/mol.